The maximum absolute atomic E-state index is 9.23. The van der Waals surface area contributed by atoms with Gasteiger partial charge in [-0.3, -0.25) is 0 Å². The van der Waals surface area contributed by atoms with Crippen molar-refractivity contribution in [3.8, 4) is 6.07 Å². The molecule has 2 aromatic rings. The van der Waals surface area contributed by atoms with E-state index in [0.29, 0.717) is 11.5 Å². The van der Waals surface area contributed by atoms with Gasteiger partial charge in [-0.1, -0.05) is 0 Å². The van der Waals surface area contributed by atoms with Crippen molar-refractivity contribution in [1.82, 2.24) is 14.5 Å². The molecular formula is C16H19N5. The number of imidazole rings is 1. The molecule has 2 aromatic heterocycles. The van der Waals surface area contributed by atoms with Crippen molar-refractivity contribution >= 4 is 5.82 Å². The van der Waals surface area contributed by atoms with Gasteiger partial charge in [0, 0.05) is 38.2 Å². The van der Waals surface area contributed by atoms with Crippen LogP contribution in [0.1, 0.15) is 24.2 Å². The van der Waals surface area contributed by atoms with Crippen LogP contribution in [0.25, 0.3) is 0 Å². The summed E-state index contributed by atoms with van der Waals surface area (Å²) >= 11 is 0. The van der Waals surface area contributed by atoms with Gasteiger partial charge >= 0.3 is 0 Å². The summed E-state index contributed by atoms with van der Waals surface area (Å²) in [6.07, 6.45) is 8.00. The van der Waals surface area contributed by atoms with Gasteiger partial charge in [-0.15, -0.1) is 0 Å². The van der Waals surface area contributed by atoms with Crippen LogP contribution >= 0.6 is 0 Å². The highest BCUT2D eigenvalue weighted by atomic mass is 15.2. The molecule has 1 aliphatic rings. The highest BCUT2D eigenvalue weighted by Gasteiger charge is 2.23. The maximum Gasteiger partial charge on any atom is 0.146 e. The molecule has 1 saturated heterocycles. The lowest BCUT2D eigenvalue weighted by Crippen LogP contribution is -2.38. The fourth-order valence-electron chi connectivity index (χ4n) is 3.02. The lowest BCUT2D eigenvalue weighted by atomic mass is 9.97. The molecule has 3 rings (SSSR count). The molecule has 1 fully saturated rings. The zero-order valence-corrected chi connectivity index (χ0v) is 12.2. The first-order chi connectivity index (χ1) is 10.3. The van der Waals surface area contributed by atoms with Gasteiger partial charge in [-0.2, -0.15) is 5.26 Å². The van der Waals surface area contributed by atoms with Gasteiger partial charge in [0.1, 0.15) is 17.7 Å². The lowest BCUT2D eigenvalue weighted by molar-refractivity contribution is 0.362. The van der Waals surface area contributed by atoms with Crippen molar-refractivity contribution in [1.29, 1.82) is 5.26 Å². The number of pyridine rings is 1. The van der Waals surface area contributed by atoms with Crippen molar-refractivity contribution in [2.45, 2.75) is 26.3 Å². The lowest BCUT2D eigenvalue weighted by Gasteiger charge is -2.34. The van der Waals surface area contributed by atoms with Crippen molar-refractivity contribution < 1.29 is 0 Å². The Balaban J connectivity index is 1.74. The summed E-state index contributed by atoms with van der Waals surface area (Å²) in [6.45, 7) is 4.94. The van der Waals surface area contributed by atoms with Gasteiger partial charge in [0.25, 0.3) is 0 Å². The first kappa shape index (κ1) is 13.6. The summed E-state index contributed by atoms with van der Waals surface area (Å²) in [5.74, 6) is 2.45. The number of anilines is 1. The van der Waals surface area contributed by atoms with Crippen molar-refractivity contribution in [2.24, 2.45) is 5.92 Å². The summed E-state index contributed by atoms with van der Waals surface area (Å²) in [5, 5.41) is 9.23. The minimum atomic E-state index is 0.570. The van der Waals surface area contributed by atoms with E-state index in [-0.39, 0.29) is 0 Å². The van der Waals surface area contributed by atoms with Crippen LogP contribution in [0.2, 0.25) is 0 Å². The molecule has 0 aromatic carbocycles. The average molecular weight is 281 g/mol. The first-order valence-corrected chi connectivity index (χ1v) is 7.35. The smallest absolute Gasteiger partial charge is 0.146 e. The zero-order chi connectivity index (χ0) is 14.7. The predicted molar refractivity (Wildman–Crippen MR) is 80.9 cm³/mol. The zero-order valence-electron chi connectivity index (χ0n) is 12.2. The third-order valence-electron chi connectivity index (χ3n) is 4.10. The van der Waals surface area contributed by atoms with Crippen LogP contribution in [0.4, 0.5) is 5.82 Å². The van der Waals surface area contributed by atoms with E-state index < -0.39 is 0 Å². The fraction of sp³-hybridized carbons (Fsp3) is 0.438. The number of piperidine rings is 1. The predicted octanol–water partition coefficient (Wildman–Crippen LogP) is 2.37. The van der Waals surface area contributed by atoms with Crippen molar-refractivity contribution in [3.05, 3.63) is 42.1 Å². The normalized spacial score (nSPS) is 18.5. The van der Waals surface area contributed by atoms with E-state index in [9.17, 15) is 5.26 Å². The van der Waals surface area contributed by atoms with E-state index in [1.165, 1.54) is 6.42 Å². The molecule has 3 heterocycles. The van der Waals surface area contributed by atoms with E-state index in [2.05, 4.69) is 25.5 Å². The Kier molecular flexibility index (Phi) is 3.87. The molecule has 0 bridgehead atoms. The molecule has 0 amide bonds. The van der Waals surface area contributed by atoms with E-state index in [1.807, 2.05) is 31.5 Å². The average Bonchev–Trinajstić information content (AvgIpc) is 2.93. The highest BCUT2D eigenvalue weighted by Crippen LogP contribution is 2.25. The van der Waals surface area contributed by atoms with Gasteiger partial charge in [-0.05, 0) is 37.8 Å². The summed E-state index contributed by atoms with van der Waals surface area (Å²) < 4.78 is 2.21. The van der Waals surface area contributed by atoms with Crippen LogP contribution in [0.5, 0.6) is 0 Å². The Hall–Kier alpha value is -2.35. The quantitative estimate of drug-likeness (QED) is 0.866. The van der Waals surface area contributed by atoms with Crippen LogP contribution in [-0.2, 0) is 6.54 Å². The molecule has 1 atom stereocenters. The Bertz CT molecular complexity index is 655. The van der Waals surface area contributed by atoms with Crippen LogP contribution in [0.15, 0.2) is 30.7 Å². The molecule has 0 unspecified atom stereocenters. The Morgan fingerprint density at radius 3 is 3.05 bits per heavy atom. The summed E-state index contributed by atoms with van der Waals surface area (Å²) in [6, 6.07) is 5.90. The number of rotatable bonds is 3. The molecule has 5 nitrogen and oxygen atoms in total. The van der Waals surface area contributed by atoms with Gasteiger partial charge in [0.15, 0.2) is 0 Å². The minimum absolute atomic E-state index is 0.570. The second-order valence-corrected chi connectivity index (χ2v) is 5.57. The third kappa shape index (κ3) is 2.89. The SMILES string of the molecule is Cc1nccn1C[C@@H]1CCCN(c2ncccc2C#N)C1. The molecule has 0 spiro atoms. The number of aryl methyl sites for hydroxylation is 1. The van der Waals surface area contributed by atoms with Crippen LogP contribution < -0.4 is 4.90 Å². The van der Waals surface area contributed by atoms with E-state index in [4.69, 9.17) is 0 Å². The van der Waals surface area contributed by atoms with Gasteiger partial charge in [0.2, 0.25) is 0 Å². The molecule has 21 heavy (non-hydrogen) atoms. The molecule has 0 aliphatic carbocycles. The summed E-state index contributed by atoms with van der Waals surface area (Å²) in [4.78, 5) is 10.9. The molecule has 0 saturated carbocycles. The maximum atomic E-state index is 9.23. The molecule has 0 radical (unpaired) electrons. The number of nitrogens with zero attached hydrogens (tertiary/aromatic N) is 5. The summed E-state index contributed by atoms with van der Waals surface area (Å²) in [5.41, 5.74) is 0.664. The molecule has 5 heteroatoms. The second kappa shape index (κ2) is 5.96. The first-order valence-electron chi connectivity index (χ1n) is 7.35. The number of aromatic nitrogens is 3. The second-order valence-electron chi connectivity index (χ2n) is 5.57. The Morgan fingerprint density at radius 2 is 2.29 bits per heavy atom. The molecular weight excluding hydrogens is 262 g/mol. The highest BCUT2D eigenvalue weighted by molar-refractivity contribution is 5.53. The standard InChI is InChI=1S/C16H19N5/c1-13-18-7-9-20(13)11-14-4-3-8-21(12-14)16-15(10-17)5-2-6-19-16/h2,5-7,9,14H,3-4,8,11-12H2,1H3/t14-/m0/s1. The van der Waals surface area contributed by atoms with Crippen LogP contribution in [-0.4, -0.2) is 27.6 Å². The van der Waals surface area contributed by atoms with Gasteiger partial charge in [-0.25, -0.2) is 9.97 Å². The summed E-state index contributed by atoms with van der Waals surface area (Å²) in [7, 11) is 0. The van der Waals surface area contributed by atoms with E-state index in [0.717, 1.165) is 37.7 Å². The van der Waals surface area contributed by atoms with Crippen molar-refractivity contribution in [2.75, 3.05) is 18.0 Å². The van der Waals surface area contributed by atoms with Crippen molar-refractivity contribution in [3.63, 3.8) is 0 Å². The van der Waals surface area contributed by atoms with Gasteiger partial charge in [0.05, 0.1) is 5.56 Å². The van der Waals surface area contributed by atoms with Crippen LogP contribution in [0, 0.1) is 24.2 Å². The number of nitriles is 1. The van der Waals surface area contributed by atoms with Crippen LogP contribution in [0.3, 0.4) is 0 Å². The largest absolute Gasteiger partial charge is 0.355 e. The molecule has 0 N–H and O–H groups in total. The topological polar surface area (TPSA) is 57.7 Å². The number of hydrogen-bond acceptors (Lipinski definition) is 4. The third-order valence-corrected chi connectivity index (χ3v) is 4.10. The Morgan fingerprint density at radius 1 is 1.38 bits per heavy atom. The number of hydrogen-bond donors (Lipinski definition) is 0. The van der Waals surface area contributed by atoms with Gasteiger partial charge < -0.3 is 9.47 Å². The monoisotopic (exact) mass is 281 g/mol. The fourth-order valence-corrected chi connectivity index (χ4v) is 3.02. The molecule has 1 aliphatic heterocycles. The minimum Gasteiger partial charge on any atom is -0.355 e. The Labute approximate surface area is 124 Å². The molecule has 108 valence electrons. The van der Waals surface area contributed by atoms with E-state index in [1.54, 1.807) is 6.20 Å². The van der Waals surface area contributed by atoms with E-state index >= 15 is 0 Å².